The fourth-order valence-corrected chi connectivity index (χ4v) is 4.25. The van der Waals surface area contributed by atoms with Crippen LogP contribution in [0.4, 0.5) is 5.69 Å². The van der Waals surface area contributed by atoms with E-state index in [2.05, 4.69) is 17.2 Å². The molecule has 9 heteroatoms. The number of amides is 1. The van der Waals surface area contributed by atoms with E-state index >= 15 is 0 Å². The summed E-state index contributed by atoms with van der Waals surface area (Å²) in [4.78, 5) is 17.7. The van der Waals surface area contributed by atoms with Crippen molar-refractivity contribution in [2.24, 2.45) is 5.73 Å². The third-order valence-electron chi connectivity index (χ3n) is 5.80. The molecule has 3 aromatic rings. The summed E-state index contributed by atoms with van der Waals surface area (Å²) in [5.41, 5.74) is 14.9. The van der Waals surface area contributed by atoms with Crippen LogP contribution >= 0.6 is 11.6 Å². The van der Waals surface area contributed by atoms with Gasteiger partial charge in [0, 0.05) is 17.7 Å². The second-order valence-electron chi connectivity index (χ2n) is 8.10. The number of hydrogen-bond acceptors (Lipinski definition) is 6. The second-order valence-corrected chi connectivity index (χ2v) is 8.48. The van der Waals surface area contributed by atoms with Gasteiger partial charge in [-0.2, -0.15) is 5.10 Å². The number of aliphatic hydroxyl groups excluding tert-OH is 1. The fraction of sp³-hybridized carbons (Fsp3) is 0.192. The average Bonchev–Trinajstić information content (AvgIpc) is 3.26. The standard InChI is InChI=1S/C26H26ClN5O3/c1-2-4-22(25(27)28)35-31-18-10-8-17-9-13-20-23(26(29)34)30-32(24(20)21(17)15-18)19-11-6-16(7-12-19)5-3-14-33/h2,4,6-8,10-12,15,28,31,33H,1,3,5,9,13-14H2,(H2,29,34)/b22-4+,28-25?. The quantitative estimate of drug-likeness (QED) is 0.146. The normalized spacial score (nSPS) is 12.5. The van der Waals surface area contributed by atoms with Crippen LogP contribution in [0.1, 0.15) is 33.6 Å². The number of nitrogens with one attached hydrogen (secondary N) is 2. The molecular weight excluding hydrogens is 466 g/mol. The number of halogens is 1. The Morgan fingerprint density at radius 2 is 2.06 bits per heavy atom. The van der Waals surface area contributed by atoms with Gasteiger partial charge in [0.2, 0.25) is 0 Å². The first-order chi connectivity index (χ1) is 16.9. The molecule has 1 aromatic heterocycles. The molecule has 1 aliphatic carbocycles. The highest BCUT2D eigenvalue weighted by Crippen LogP contribution is 2.38. The van der Waals surface area contributed by atoms with E-state index in [1.165, 1.54) is 12.2 Å². The lowest BCUT2D eigenvalue weighted by Crippen LogP contribution is -2.15. The lowest BCUT2D eigenvalue weighted by atomic mass is 9.88. The van der Waals surface area contributed by atoms with Crippen LogP contribution in [-0.4, -0.2) is 32.6 Å². The molecule has 2 aromatic carbocycles. The predicted octanol–water partition coefficient (Wildman–Crippen LogP) is 4.29. The number of aromatic nitrogens is 2. The maximum absolute atomic E-state index is 12.2. The minimum atomic E-state index is -0.569. The third kappa shape index (κ3) is 5.13. The van der Waals surface area contributed by atoms with Crippen LogP contribution < -0.4 is 11.2 Å². The number of anilines is 1. The molecule has 0 aliphatic heterocycles. The van der Waals surface area contributed by atoms with Crippen LogP contribution in [-0.2, 0) is 24.1 Å². The maximum Gasteiger partial charge on any atom is 0.269 e. The molecule has 8 nitrogen and oxygen atoms in total. The van der Waals surface area contributed by atoms with Crippen molar-refractivity contribution in [3.8, 4) is 16.9 Å². The van der Waals surface area contributed by atoms with E-state index in [0.717, 1.165) is 46.5 Å². The van der Waals surface area contributed by atoms with E-state index in [1.807, 2.05) is 42.5 Å². The van der Waals surface area contributed by atoms with E-state index in [9.17, 15) is 4.79 Å². The summed E-state index contributed by atoms with van der Waals surface area (Å²) >= 11 is 5.77. The van der Waals surface area contributed by atoms with Gasteiger partial charge < -0.3 is 15.7 Å². The summed E-state index contributed by atoms with van der Waals surface area (Å²) in [6.07, 6.45) is 5.82. The number of aryl methyl sites for hydroxylation is 2. The monoisotopic (exact) mass is 491 g/mol. The Labute approximate surface area is 208 Å². The Hall–Kier alpha value is -3.88. The Morgan fingerprint density at radius 3 is 2.71 bits per heavy atom. The van der Waals surface area contributed by atoms with Crippen molar-refractivity contribution in [1.82, 2.24) is 9.78 Å². The number of aliphatic hydroxyl groups is 1. The van der Waals surface area contributed by atoms with Gasteiger partial charge in [0.25, 0.3) is 5.91 Å². The molecule has 0 bridgehead atoms. The molecular formula is C26H26ClN5O3. The highest BCUT2D eigenvalue weighted by molar-refractivity contribution is 6.68. The van der Waals surface area contributed by atoms with Crippen LogP contribution in [0.5, 0.6) is 0 Å². The molecule has 0 saturated carbocycles. The molecule has 0 fully saturated rings. The zero-order valence-corrected chi connectivity index (χ0v) is 19.8. The average molecular weight is 492 g/mol. The molecule has 0 spiro atoms. The van der Waals surface area contributed by atoms with E-state index in [0.29, 0.717) is 18.5 Å². The molecule has 4 rings (SSSR count). The zero-order chi connectivity index (χ0) is 24.9. The number of allylic oxidation sites excluding steroid dienone is 3. The zero-order valence-electron chi connectivity index (χ0n) is 19.1. The smallest absolute Gasteiger partial charge is 0.269 e. The minimum absolute atomic E-state index is 0.127. The first-order valence-electron chi connectivity index (χ1n) is 11.2. The predicted molar refractivity (Wildman–Crippen MR) is 137 cm³/mol. The van der Waals surface area contributed by atoms with Crippen LogP contribution in [0.2, 0.25) is 0 Å². The van der Waals surface area contributed by atoms with Gasteiger partial charge in [-0.15, -0.1) is 0 Å². The number of rotatable bonds is 10. The van der Waals surface area contributed by atoms with Crippen LogP contribution in [0.3, 0.4) is 0 Å². The molecule has 1 amide bonds. The number of benzene rings is 2. The Balaban J connectivity index is 1.74. The van der Waals surface area contributed by atoms with Crippen molar-refractivity contribution in [2.75, 3.05) is 12.1 Å². The van der Waals surface area contributed by atoms with Gasteiger partial charge in [0.1, 0.15) is 0 Å². The van der Waals surface area contributed by atoms with E-state index in [1.54, 1.807) is 4.68 Å². The van der Waals surface area contributed by atoms with Crippen molar-refractivity contribution in [3.63, 3.8) is 0 Å². The summed E-state index contributed by atoms with van der Waals surface area (Å²) in [5.74, 6) is -0.442. The highest BCUT2D eigenvalue weighted by atomic mass is 35.5. The Kier molecular flexibility index (Phi) is 7.33. The molecule has 1 heterocycles. The number of fused-ring (bicyclic) bond motifs is 3. The Morgan fingerprint density at radius 1 is 1.29 bits per heavy atom. The molecule has 35 heavy (non-hydrogen) atoms. The molecule has 0 saturated heterocycles. The SMILES string of the molecule is C=C/C=C(/ONc1ccc2c(c1)-c1c(c(C(N)=O)nn1-c1ccc(CCCO)cc1)CC2)C(=N)Cl. The summed E-state index contributed by atoms with van der Waals surface area (Å²) < 4.78 is 1.76. The van der Waals surface area contributed by atoms with Gasteiger partial charge >= 0.3 is 0 Å². The van der Waals surface area contributed by atoms with Crippen molar-refractivity contribution in [1.29, 1.82) is 5.41 Å². The topological polar surface area (TPSA) is 126 Å². The number of carbonyl (C=O) groups is 1. The van der Waals surface area contributed by atoms with Crippen LogP contribution in [0.25, 0.3) is 16.9 Å². The first kappa shape index (κ1) is 24.3. The summed E-state index contributed by atoms with van der Waals surface area (Å²) in [6.45, 7) is 3.74. The van der Waals surface area contributed by atoms with Gasteiger partial charge in [-0.25, -0.2) is 10.2 Å². The van der Waals surface area contributed by atoms with Crippen molar-refractivity contribution >= 4 is 28.4 Å². The lowest BCUT2D eigenvalue weighted by Gasteiger charge is -2.20. The van der Waals surface area contributed by atoms with Crippen molar-refractivity contribution < 1.29 is 14.7 Å². The number of primary amides is 1. The van der Waals surface area contributed by atoms with Gasteiger partial charge in [-0.3, -0.25) is 10.2 Å². The summed E-state index contributed by atoms with van der Waals surface area (Å²) in [5, 5.41) is 21.0. The summed E-state index contributed by atoms with van der Waals surface area (Å²) in [6, 6.07) is 13.7. The maximum atomic E-state index is 12.2. The second kappa shape index (κ2) is 10.6. The van der Waals surface area contributed by atoms with Gasteiger partial charge in [0.15, 0.2) is 16.6 Å². The van der Waals surface area contributed by atoms with Crippen LogP contribution in [0.15, 0.2) is 67.0 Å². The molecule has 0 atom stereocenters. The summed E-state index contributed by atoms with van der Waals surface area (Å²) in [7, 11) is 0. The molecule has 180 valence electrons. The van der Waals surface area contributed by atoms with Gasteiger partial charge in [0.05, 0.1) is 17.1 Å². The van der Waals surface area contributed by atoms with Crippen molar-refractivity contribution in [3.05, 3.63) is 89.3 Å². The van der Waals surface area contributed by atoms with Crippen molar-refractivity contribution in [2.45, 2.75) is 25.7 Å². The molecule has 5 N–H and O–H groups in total. The number of nitrogens with two attached hydrogens (primary N) is 1. The number of hydrogen-bond donors (Lipinski definition) is 4. The first-order valence-corrected chi connectivity index (χ1v) is 11.6. The minimum Gasteiger partial charge on any atom is -0.396 e. The van der Waals surface area contributed by atoms with E-state index in [4.69, 9.17) is 32.7 Å². The molecule has 0 unspecified atom stereocenters. The molecule has 1 aliphatic rings. The fourth-order valence-electron chi connectivity index (χ4n) is 4.15. The number of carbonyl (C=O) groups excluding carboxylic acids is 1. The van der Waals surface area contributed by atoms with Gasteiger partial charge in [-0.1, -0.05) is 42.5 Å². The highest BCUT2D eigenvalue weighted by Gasteiger charge is 2.28. The van der Waals surface area contributed by atoms with Crippen LogP contribution in [0, 0.1) is 5.41 Å². The molecule has 0 radical (unpaired) electrons. The van der Waals surface area contributed by atoms with E-state index in [-0.39, 0.29) is 23.2 Å². The number of nitrogens with zero attached hydrogens (tertiary/aromatic N) is 2. The third-order valence-corrected chi connectivity index (χ3v) is 5.98. The Bertz CT molecular complexity index is 1310. The van der Waals surface area contributed by atoms with Gasteiger partial charge in [-0.05, 0) is 67.2 Å². The van der Waals surface area contributed by atoms with E-state index < -0.39 is 5.91 Å². The largest absolute Gasteiger partial charge is 0.396 e. The lowest BCUT2D eigenvalue weighted by molar-refractivity contribution is 0.0994.